The molecule has 1 aromatic heterocycles. The molecule has 104 valence electrons. The minimum Gasteiger partial charge on any atom is -0.494 e. The molecule has 0 aliphatic carbocycles. The minimum absolute atomic E-state index is 0.0874. The first-order valence-electron chi connectivity index (χ1n) is 5.48. The number of hydrogen-bond donors (Lipinski definition) is 3. The van der Waals surface area contributed by atoms with E-state index in [0.29, 0.717) is 22.7 Å². The molecule has 1 heterocycles. The summed E-state index contributed by atoms with van der Waals surface area (Å²) in [6.45, 7) is 0. The fraction of sp³-hybridized carbons (Fsp3) is 0.0833. The highest BCUT2D eigenvalue weighted by atomic mass is 35.5. The number of rotatable bonds is 4. The van der Waals surface area contributed by atoms with E-state index in [-0.39, 0.29) is 11.1 Å². The molecule has 0 radical (unpaired) electrons. The van der Waals surface area contributed by atoms with Gasteiger partial charge in [-0.15, -0.1) is 0 Å². The number of nitrogen functional groups attached to an aromatic ring is 1. The standard InChI is InChI=1S/C12H11ClFN5O/c1-20-10-3-8(16)6(4-15)2-9(10)18-11-7(14)5-17-12(13)19-11/h2-5,15H,16H2,1H3,(H,17,18,19). The number of methoxy groups -OCH3 is 1. The van der Waals surface area contributed by atoms with Crippen molar-refractivity contribution in [2.75, 3.05) is 18.2 Å². The Balaban J connectivity index is 2.46. The van der Waals surface area contributed by atoms with Crippen LogP contribution in [0.3, 0.4) is 0 Å². The van der Waals surface area contributed by atoms with Crippen LogP contribution in [0.1, 0.15) is 5.56 Å². The van der Waals surface area contributed by atoms with Crippen LogP contribution < -0.4 is 15.8 Å². The Labute approximate surface area is 119 Å². The lowest BCUT2D eigenvalue weighted by molar-refractivity contribution is 0.417. The lowest BCUT2D eigenvalue weighted by atomic mass is 10.1. The Bertz CT molecular complexity index is 665. The number of halogens is 2. The van der Waals surface area contributed by atoms with Crippen molar-refractivity contribution in [2.45, 2.75) is 0 Å². The molecule has 8 heteroatoms. The van der Waals surface area contributed by atoms with E-state index in [1.54, 1.807) is 6.07 Å². The third-order valence-electron chi connectivity index (χ3n) is 2.53. The molecule has 2 rings (SSSR count). The van der Waals surface area contributed by atoms with E-state index in [0.717, 1.165) is 12.4 Å². The van der Waals surface area contributed by atoms with Crippen LogP contribution in [0.5, 0.6) is 5.75 Å². The second kappa shape index (κ2) is 5.70. The Morgan fingerprint density at radius 2 is 2.25 bits per heavy atom. The van der Waals surface area contributed by atoms with Gasteiger partial charge >= 0.3 is 0 Å². The fourth-order valence-electron chi connectivity index (χ4n) is 1.56. The van der Waals surface area contributed by atoms with Crippen molar-refractivity contribution in [3.05, 3.63) is 35.0 Å². The zero-order valence-electron chi connectivity index (χ0n) is 10.4. The molecule has 0 unspecified atom stereocenters. The first kappa shape index (κ1) is 14.0. The van der Waals surface area contributed by atoms with Crippen LogP contribution in [0.15, 0.2) is 18.3 Å². The van der Waals surface area contributed by atoms with Gasteiger partial charge in [-0.25, -0.2) is 9.37 Å². The number of nitrogens with two attached hydrogens (primary N) is 1. The number of ether oxygens (including phenoxy) is 1. The number of nitrogens with one attached hydrogen (secondary N) is 2. The fourth-order valence-corrected chi connectivity index (χ4v) is 1.70. The van der Waals surface area contributed by atoms with Crippen molar-refractivity contribution >= 4 is 35.0 Å². The van der Waals surface area contributed by atoms with Crippen LogP contribution in [-0.2, 0) is 0 Å². The number of hydrogen-bond acceptors (Lipinski definition) is 6. The highest BCUT2D eigenvalue weighted by Crippen LogP contribution is 2.32. The van der Waals surface area contributed by atoms with E-state index in [2.05, 4.69) is 15.3 Å². The molecule has 0 aliphatic heterocycles. The lowest BCUT2D eigenvalue weighted by Crippen LogP contribution is -2.03. The predicted octanol–water partition coefficient (Wildman–Crippen LogP) is 2.60. The summed E-state index contributed by atoms with van der Waals surface area (Å²) >= 11 is 5.62. The van der Waals surface area contributed by atoms with E-state index in [1.807, 2.05) is 0 Å². The second-order valence-electron chi connectivity index (χ2n) is 3.79. The molecule has 0 atom stereocenters. The highest BCUT2D eigenvalue weighted by molar-refractivity contribution is 6.28. The molecule has 0 bridgehead atoms. The smallest absolute Gasteiger partial charge is 0.224 e. The van der Waals surface area contributed by atoms with Gasteiger partial charge in [-0.05, 0) is 17.7 Å². The third-order valence-corrected chi connectivity index (χ3v) is 2.71. The molecule has 6 nitrogen and oxygen atoms in total. The first-order chi connectivity index (χ1) is 9.55. The Morgan fingerprint density at radius 1 is 1.50 bits per heavy atom. The number of nitrogens with zero attached hydrogens (tertiary/aromatic N) is 2. The van der Waals surface area contributed by atoms with E-state index < -0.39 is 5.82 Å². The molecule has 4 N–H and O–H groups in total. The number of aromatic nitrogens is 2. The van der Waals surface area contributed by atoms with Crippen molar-refractivity contribution in [1.82, 2.24) is 9.97 Å². The molecule has 2 aromatic rings. The van der Waals surface area contributed by atoms with Gasteiger partial charge in [-0.1, -0.05) is 0 Å². The molecule has 20 heavy (non-hydrogen) atoms. The van der Waals surface area contributed by atoms with Crippen LogP contribution in [0, 0.1) is 11.2 Å². The summed E-state index contributed by atoms with van der Waals surface area (Å²) in [6, 6.07) is 3.08. The maximum Gasteiger partial charge on any atom is 0.224 e. The minimum atomic E-state index is -0.662. The molecule has 0 amide bonds. The maximum atomic E-state index is 13.6. The Morgan fingerprint density at radius 3 is 2.90 bits per heavy atom. The summed E-state index contributed by atoms with van der Waals surface area (Å²) in [6.07, 6.45) is 2.04. The van der Waals surface area contributed by atoms with Crippen LogP contribution in [0.2, 0.25) is 5.28 Å². The van der Waals surface area contributed by atoms with Gasteiger partial charge in [-0.2, -0.15) is 4.98 Å². The predicted molar refractivity (Wildman–Crippen MR) is 75.6 cm³/mol. The van der Waals surface area contributed by atoms with Crippen LogP contribution in [-0.4, -0.2) is 23.3 Å². The summed E-state index contributed by atoms with van der Waals surface area (Å²) in [5.41, 5.74) is 7.00. The van der Waals surface area contributed by atoms with Gasteiger partial charge in [0.2, 0.25) is 5.28 Å². The van der Waals surface area contributed by atoms with E-state index in [1.165, 1.54) is 13.2 Å². The summed E-state index contributed by atoms with van der Waals surface area (Å²) in [5, 5.41) is 9.92. The molecule has 0 fully saturated rings. The van der Waals surface area contributed by atoms with Crippen LogP contribution in [0.25, 0.3) is 0 Å². The summed E-state index contributed by atoms with van der Waals surface area (Å²) in [4.78, 5) is 7.27. The lowest BCUT2D eigenvalue weighted by Gasteiger charge is -2.13. The third kappa shape index (κ3) is 2.77. The van der Waals surface area contributed by atoms with Gasteiger partial charge in [0, 0.05) is 23.5 Å². The first-order valence-corrected chi connectivity index (χ1v) is 5.86. The Kier molecular flexibility index (Phi) is 3.99. The average Bonchev–Trinajstić information content (AvgIpc) is 2.44. The van der Waals surface area contributed by atoms with Gasteiger partial charge < -0.3 is 21.2 Å². The largest absolute Gasteiger partial charge is 0.494 e. The van der Waals surface area contributed by atoms with Gasteiger partial charge in [-0.3, -0.25) is 0 Å². The van der Waals surface area contributed by atoms with Crippen molar-refractivity contribution in [2.24, 2.45) is 0 Å². The number of benzene rings is 1. The molecule has 0 spiro atoms. The molecule has 0 aliphatic rings. The molecular formula is C12H11ClFN5O. The maximum absolute atomic E-state index is 13.6. The average molecular weight is 296 g/mol. The van der Waals surface area contributed by atoms with E-state index >= 15 is 0 Å². The monoisotopic (exact) mass is 295 g/mol. The van der Waals surface area contributed by atoms with Crippen molar-refractivity contribution in [1.29, 1.82) is 5.41 Å². The van der Waals surface area contributed by atoms with Gasteiger partial charge in [0.1, 0.15) is 5.75 Å². The van der Waals surface area contributed by atoms with Gasteiger partial charge in [0.15, 0.2) is 11.6 Å². The molecule has 0 saturated heterocycles. The number of anilines is 3. The molecular weight excluding hydrogens is 285 g/mol. The zero-order valence-corrected chi connectivity index (χ0v) is 11.2. The Hall–Kier alpha value is -2.41. The van der Waals surface area contributed by atoms with Crippen molar-refractivity contribution in [3.8, 4) is 5.75 Å². The van der Waals surface area contributed by atoms with E-state index in [4.69, 9.17) is 27.5 Å². The quantitative estimate of drug-likeness (QED) is 0.457. The second-order valence-corrected chi connectivity index (χ2v) is 4.12. The highest BCUT2D eigenvalue weighted by Gasteiger charge is 2.12. The summed E-state index contributed by atoms with van der Waals surface area (Å²) < 4.78 is 18.7. The van der Waals surface area contributed by atoms with Gasteiger partial charge in [0.05, 0.1) is 19.0 Å². The van der Waals surface area contributed by atoms with Gasteiger partial charge in [0.25, 0.3) is 0 Å². The van der Waals surface area contributed by atoms with Crippen molar-refractivity contribution < 1.29 is 9.13 Å². The van der Waals surface area contributed by atoms with E-state index in [9.17, 15) is 4.39 Å². The SMILES string of the molecule is COc1cc(N)c(C=N)cc1Nc1nc(Cl)ncc1F. The molecule has 1 aromatic carbocycles. The van der Waals surface area contributed by atoms with Crippen LogP contribution >= 0.6 is 11.6 Å². The summed E-state index contributed by atoms with van der Waals surface area (Å²) in [5.74, 6) is -0.365. The zero-order chi connectivity index (χ0) is 14.7. The molecule has 0 saturated carbocycles. The normalized spacial score (nSPS) is 10.2. The topological polar surface area (TPSA) is 96.9 Å². The van der Waals surface area contributed by atoms with Crippen LogP contribution in [0.4, 0.5) is 21.6 Å². The summed E-state index contributed by atoms with van der Waals surface area (Å²) in [7, 11) is 1.45. The van der Waals surface area contributed by atoms with Crippen molar-refractivity contribution in [3.63, 3.8) is 0 Å².